The van der Waals surface area contributed by atoms with Crippen molar-refractivity contribution in [1.29, 1.82) is 0 Å². The highest BCUT2D eigenvalue weighted by atomic mass is 16.3. The minimum Gasteiger partial charge on any atom is -0.389 e. The maximum absolute atomic E-state index is 9.12. The Morgan fingerprint density at radius 3 is 2.40 bits per heavy atom. The van der Waals surface area contributed by atoms with E-state index in [4.69, 9.17) is 13.0 Å². The molecule has 1 rings (SSSR count). The van der Waals surface area contributed by atoms with E-state index in [-0.39, 0.29) is 0 Å². The van der Waals surface area contributed by atoms with Crippen molar-refractivity contribution in [3.63, 3.8) is 0 Å². The molecule has 0 aromatic heterocycles. The van der Waals surface area contributed by atoms with Crippen molar-refractivity contribution in [1.82, 2.24) is 0 Å². The molecule has 2 heteroatoms. The van der Waals surface area contributed by atoms with E-state index in [0.717, 1.165) is 5.56 Å². The molecule has 0 aliphatic rings. The summed E-state index contributed by atoms with van der Waals surface area (Å²) in [6.45, 7) is 1.70. The van der Waals surface area contributed by atoms with Crippen LogP contribution in [0.15, 0.2) is 24.3 Å². The second kappa shape index (κ2) is 2.89. The van der Waals surface area contributed by atoms with Crippen LogP contribution in [0.4, 0.5) is 0 Å². The van der Waals surface area contributed by atoms with E-state index in [9.17, 15) is 0 Å². The first kappa shape index (κ1) is 7.35. The molecule has 1 aromatic rings. The third-order valence-corrected chi connectivity index (χ3v) is 1.45. The minimum atomic E-state index is -0.471. The second-order valence-corrected chi connectivity index (χ2v) is 2.30. The Hall–Kier alpha value is -0.755. The van der Waals surface area contributed by atoms with E-state index in [1.54, 1.807) is 13.0 Å². The minimum absolute atomic E-state index is 0.471. The lowest BCUT2D eigenvalue weighted by Gasteiger charge is -2.07. The lowest BCUT2D eigenvalue weighted by molar-refractivity contribution is 0.200. The predicted octanol–water partition coefficient (Wildman–Crippen LogP) is 0.534. The zero-order valence-corrected chi connectivity index (χ0v) is 5.91. The normalized spacial score (nSPS) is 13.0. The van der Waals surface area contributed by atoms with Crippen LogP contribution in [0.3, 0.4) is 0 Å². The third kappa shape index (κ3) is 1.39. The average Bonchev–Trinajstić information content (AvgIpc) is 1.88. The van der Waals surface area contributed by atoms with Gasteiger partial charge in [-0.05, 0) is 12.5 Å². The molecular formula is C8H9BO. The van der Waals surface area contributed by atoms with Gasteiger partial charge in [-0.25, -0.2) is 0 Å². The number of aliphatic hydroxyl groups is 1. The molecule has 10 heavy (non-hydrogen) atoms. The number of aliphatic hydroxyl groups excluding tert-OH is 1. The molecular weight excluding hydrogens is 123 g/mol. The van der Waals surface area contributed by atoms with E-state index in [2.05, 4.69) is 0 Å². The molecule has 1 atom stereocenters. The maximum Gasteiger partial charge on any atom is 0.114 e. The lowest BCUT2D eigenvalue weighted by atomic mass is 9.89. The molecule has 0 saturated carbocycles. The summed E-state index contributed by atoms with van der Waals surface area (Å²) in [7, 11) is 5.56. The highest BCUT2D eigenvalue weighted by Gasteiger charge is 2.00. The van der Waals surface area contributed by atoms with E-state index in [1.807, 2.05) is 18.2 Å². The van der Waals surface area contributed by atoms with Crippen LogP contribution in [0.2, 0.25) is 0 Å². The van der Waals surface area contributed by atoms with Crippen LogP contribution >= 0.6 is 0 Å². The summed E-state index contributed by atoms with van der Waals surface area (Å²) in [5.41, 5.74) is 1.44. The van der Waals surface area contributed by atoms with Crippen LogP contribution in [-0.2, 0) is 0 Å². The van der Waals surface area contributed by atoms with E-state index >= 15 is 0 Å². The Morgan fingerprint density at radius 2 is 2.00 bits per heavy atom. The molecule has 0 aliphatic carbocycles. The van der Waals surface area contributed by atoms with Gasteiger partial charge >= 0.3 is 0 Å². The molecule has 1 N–H and O–H groups in total. The van der Waals surface area contributed by atoms with E-state index in [0.29, 0.717) is 5.46 Å². The molecule has 0 amide bonds. The zero-order valence-electron chi connectivity index (χ0n) is 5.91. The van der Waals surface area contributed by atoms with Crippen molar-refractivity contribution in [2.75, 3.05) is 0 Å². The van der Waals surface area contributed by atoms with Gasteiger partial charge in [0.2, 0.25) is 0 Å². The SMILES string of the molecule is [B]c1ccccc1C(C)O. The fourth-order valence-corrected chi connectivity index (χ4v) is 0.891. The standard InChI is InChI=1S/C8H9BO/c1-6(10)7-4-2-3-5-8(7)9/h2-6,10H,1H3. The van der Waals surface area contributed by atoms with Gasteiger partial charge in [0.1, 0.15) is 7.85 Å². The van der Waals surface area contributed by atoms with Gasteiger partial charge in [-0.3, -0.25) is 0 Å². The van der Waals surface area contributed by atoms with Gasteiger partial charge in [-0.15, -0.1) is 0 Å². The Kier molecular flexibility index (Phi) is 2.12. The van der Waals surface area contributed by atoms with Crippen molar-refractivity contribution in [2.24, 2.45) is 0 Å². The Bertz CT molecular complexity index is 220. The summed E-state index contributed by atoms with van der Waals surface area (Å²) >= 11 is 0. The lowest BCUT2D eigenvalue weighted by Crippen LogP contribution is -2.11. The number of hydrogen-bond donors (Lipinski definition) is 1. The fourth-order valence-electron chi connectivity index (χ4n) is 0.891. The molecule has 1 aromatic carbocycles. The average molecular weight is 132 g/mol. The first-order valence-electron chi connectivity index (χ1n) is 3.24. The number of rotatable bonds is 1. The van der Waals surface area contributed by atoms with Crippen molar-refractivity contribution < 1.29 is 5.11 Å². The summed E-state index contributed by atoms with van der Waals surface area (Å²) in [5, 5.41) is 9.12. The first-order valence-corrected chi connectivity index (χ1v) is 3.24. The van der Waals surface area contributed by atoms with Gasteiger partial charge < -0.3 is 5.11 Å². The highest BCUT2D eigenvalue weighted by molar-refractivity contribution is 6.33. The summed E-state index contributed by atoms with van der Waals surface area (Å²) in [6.07, 6.45) is -0.471. The summed E-state index contributed by atoms with van der Waals surface area (Å²) in [6, 6.07) is 7.31. The topological polar surface area (TPSA) is 20.2 Å². The summed E-state index contributed by atoms with van der Waals surface area (Å²) < 4.78 is 0. The largest absolute Gasteiger partial charge is 0.389 e. The number of benzene rings is 1. The molecule has 0 fully saturated rings. The molecule has 0 spiro atoms. The molecule has 0 saturated heterocycles. The van der Waals surface area contributed by atoms with Crippen LogP contribution in [0.1, 0.15) is 18.6 Å². The molecule has 1 unspecified atom stereocenters. The molecule has 0 bridgehead atoms. The fraction of sp³-hybridized carbons (Fsp3) is 0.250. The van der Waals surface area contributed by atoms with Crippen LogP contribution in [-0.4, -0.2) is 13.0 Å². The molecule has 1 nitrogen and oxygen atoms in total. The van der Waals surface area contributed by atoms with Gasteiger partial charge in [-0.1, -0.05) is 29.7 Å². The monoisotopic (exact) mass is 132 g/mol. The van der Waals surface area contributed by atoms with Crippen molar-refractivity contribution in [2.45, 2.75) is 13.0 Å². The van der Waals surface area contributed by atoms with Gasteiger partial charge in [0.25, 0.3) is 0 Å². The smallest absolute Gasteiger partial charge is 0.114 e. The van der Waals surface area contributed by atoms with Gasteiger partial charge in [0, 0.05) is 0 Å². The molecule has 50 valence electrons. The molecule has 0 aliphatic heterocycles. The third-order valence-electron chi connectivity index (χ3n) is 1.45. The predicted molar refractivity (Wildman–Crippen MR) is 42.5 cm³/mol. The zero-order chi connectivity index (χ0) is 7.56. The molecule has 0 heterocycles. The van der Waals surface area contributed by atoms with Gasteiger partial charge in [-0.2, -0.15) is 0 Å². The van der Waals surface area contributed by atoms with Crippen molar-refractivity contribution in [3.05, 3.63) is 29.8 Å². The Morgan fingerprint density at radius 1 is 1.40 bits per heavy atom. The highest BCUT2D eigenvalue weighted by Crippen LogP contribution is 2.06. The van der Waals surface area contributed by atoms with Gasteiger partial charge in [0.15, 0.2) is 0 Å². The first-order chi connectivity index (χ1) is 4.72. The summed E-state index contributed by atoms with van der Waals surface area (Å²) in [4.78, 5) is 0. The van der Waals surface area contributed by atoms with E-state index in [1.165, 1.54) is 0 Å². The van der Waals surface area contributed by atoms with Crippen LogP contribution in [0.25, 0.3) is 0 Å². The number of hydrogen-bond acceptors (Lipinski definition) is 1. The molecule has 2 radical (unpaired) electrons. The maximum atomic E-state index is 9.12. The van der Waals surface area contributed by atoms with Crippen LogP contribution in [0, 0.1) is 0 Å². The Balaban J connectivity index is 3.03. The van der Waals surface area contributed by atoms with E-state index < -0.39 is 6.10 Å². The van der Waals surface area contributed by atoms with Crippen LogP contribution in [0.5, 0.6) is 0 Å². The Labute approximate surface area is 62.1 Å². The summed E-state index contributed by atoms with van der Waals surface area (Å²) in [5.74, 6) is 0. The van der Waals surface area contributed by atoms with Crippen LogP contribution < -0.4 is 5.46 Å². The quantitative estimate of drug-likeness (QED) is 0.552. The van der Waals surface area contributed by atoms with Gasteiger partial charge in [0.05, 0.1) is 6.10 Å². The van der Waals surface area contributed by atoms with Crippen molar-refractivity contribution in [3.8, 4) is 0 Å². The second-order valence-electron chi connectivity index (χ2n) is 2.30. The van der Waals surface area contributed by atoms with Crippen molar-refractivity contribution >= 4 is 13.3 Å².